The number of benzene rings is 3. The van der Waals surface area contributed by atoms with Crippen LogP contribution in [0.2, 0.25) is 0 Å². The lowest BCUT2D eigenvalue weighted by Gasteiger charge is -2.16. The Morgan fingerprint density at radius 1 is 0.909 bits per heavy atom. The summed E-state index contributed by atoms with van der Waals surface area (Å²) in [5.74, 6) is -0.528. The lowest BCUT2D eigenvalue weighted by atomic mass is 9.95. The molecule has 1 aromatic heterocycles. The van der Waals surface area contributed by atoms with E-state index in [0.29, 0.717) is 29.8 Å². The van der Waals surface area contributed by atoms with E-state index in [1.807, 2.05) is 79.7 Å². The van der Waals surface area contributed by atoms with Crippen LogP contribution in [0.15, 0.2) is 89.7 Å². The Bertz CT molecular complexity index is 1300. The number of ether oxygens (including phenoxy) is 1. The molecule has 0 saturated heterocycles. The maximum atomic E-state index is 13.2. The predicted octanol–water partition coefficient (Wildman–Crippen LogP) is 5.05. The zero-order valence-electron chi connectivity index (χ0n) is 18.3. The fourth-order valence-corrected chi connectivity index (χ4v) is 3.64. The van der Waals surface area contributed by atoms with Gasteiger partial charge < -0.3 is 9.84 Å². The number of carboxylic acids is 1. The zero-order chi connectivity index (χ0) is 23.2. The van der Waals surface area contributed by atoms with E-state index < -0.39 is 11.5 Å². The van der Waals surface area contributed by atoms with E-state index in [1.54, 1.807) is 12.1 Å². The normalized spacial score (nSPS) is 10.7. The van der Waals surface area contributed by atoms with Crippen LogP contribution in [-0.2, 0) is 6.54 Å². The number of hydrogen-bond donors (Lipinski definition) is 1. The van der Waals surface area contributed by atoms with Gasteiger partial charge in [-0.15, -0.1) is 0 Å². The Morgan fingerprint density at radius 3 is 2.12 bits per heavy atom. The van der Waals surface area contributed by atoms with Crippen molar-refractivity contribution < 1.29 is 14.6 Å². The molecular formula is C27H24N2O4. The van der Waals surface area contributed by atoms with Crippen LogP contribution in [0.4, 0.5) is 0 Å². The third-order valence-electron chi connectivity index (χ3n) is 5.28. The van der Waals surface area contributed by atoms with Crippen molar-refractivity contribution in [3.8, 4) is 28.1 Å². The van der Waals surface area contributed by atoms with Gasteiger partial charge in [0, 0.05) is 24.1 Å². The summed E-state index contributed by atoms with van der Waals surface area (Å²) in [6.45, 7) is 2.62. The Morgan fingerprint density at radius 2 is 1.52 bits per heavy atom. The van der Waals surface area contributed by atoms with Crippen molar-refractivity contribution >= 4 is 5.97 Å². The molecule has 6 nitrogen and oxygen atoms in total. The maximum absolute atomic E-state index is 13.2. The zero-order valence-corrected chi connectivity index (χ0v) is 18.3. The van der Waals surface area contributed by atoms with E-state index in [4.69, 9.17) is 4.74 Å². The Hall–Kier alpha value is -4.19. The molecule has 4 rings (SSSR count). The first kappa shape index (κ1) is 22.0. The van der Waals surface area contributed by atoms with Gasteiger partial charge in [-0.25, -0.2) is 9.48 Å². The Balaban J connectivity index is 1.71. The summed E-state index contributed by atoms with van der Waals surface area (Å²) < 4.78 is 6.98. The molecule has 0 atom stereocenters. The highest BCUT2D eigenvalue weighted by Crippen LogP contribution is 2.32. The average molecular weight is 440 g/mol. The Kier molecular flexibility index (Phi) is 6.64. The van der Waals surface area contributed by atoms with Gasteiger partial charge in [-0.1, -0.05) is 78.4 Å². The topological polar surface area (TPSA) is 81.4 Å². The van der Waals surface area contributed by atoms with E-state index in [0.717, 1.165) is 16.9 Å². The van der Waals surface area contributed by atoms with Crippen molar-refractivity contribution in [1.29, 1.82) is 0 Å². The summed E-state index contributed by atoms with van der Waals surface area (Å²) >= 11 is 0. The van der Waals surface area contributed by atoms with Gasteiger partial charge in [0.25, 0.3) is 5.56 Å². The minimum atomic E-state index is -1.27. The molecule has 6 heteroatoms. The highest BCUT2D eigenvalue weighted by molar-refractivity contribution is 5.99. The molecule has 0 bridgehead atoms. The van der Waals surface area contributed by atoms with Crippen LogP contribution in [0, 0.1) is 6.92 Å². The number of aryl methyl sites for hydroxylation is 2. The quantitative estimate of drug-likeness (QED) is 0.388. The van der Waals surface area contributed by atoms with E-state index >= 15 is 0 Å². The van der Waals surface area contributed by atoms with Crippen molar-refractivity contribution in [3.05, 3.63) is 106 Å². The fourth-order valence-electron chi connectivity index (χ4n) is 3.64. The molecule has 4 aromatic rings. The van der Waals surface area contributed by atoms with E-state index in [1.165, 1.54) is 4.68 Å². The largest absolute Gasteiger partial charge is 0.494 e. The van der Waals surface area contributed by atoms with E-state index in [2.05, 4.69) is 5.10 Å². The minimum absolute atomic E-state index is 0.236. The number of rotatable bonds is 8. The summed E-state index contributed by atoms with van der Waals surface area (Å²) in [6, 6.07) is 26.1. The lowest BCUT2D eigenvalue weighted by Crippen LogP contribution is -2.31. The van der Waals surface area contributed by atoms with Gasteiger partial charge in [-0.3, -0.25) is 4.79 Å². The van der Waals surface area contributed by atoms with Gasteiger partial charge in [0.15, 0.2) is 0 Å². The van der Waals surface area contributed by atoms with Crippen molar-refractivity contribution in [3.63, 3.8) is 0 Å². The summed E-state index contributed by atoms with van der Waals surface area (Å²) in [6.07, 6.45) is 0.499. The number of carboxylic acid groups (broad SMARTS) is 1. The molecule has 0 aliphatic rings. The molecule has 0 aliphatic carbocycles. The van der Waals surface area contributed by atoms with Gasteiger partial charge in [-0.05, 0) is 24.6 Å². The summed E-state index contributed by atoms with van der Waals surface area (Å²) in [5, 5.41) is 14.6. The molecule has 3 aromatic carbocycles. The van der Waals surface area contributed by atoms with E-state index in [-0.39, 0.29) is 12.1 Å². The monoisotopic (exact) mass is 440 g/mol. The van der Waals surface area contributed by atoms with Crippen molar-refractivity contribution in [2.24, 2.45) is 0 Å². The Labute approximate surface area is 191 Å². The third kappa shape index (κ3) is 5.01. The number of aromatic carboxylic acids is 1. The molecule has 0 saturated carbocycles. The highest BCUT2D eigenvalue weighted by Gasteiger charge is 2.24. The predicted molar refractivity (Wildman–Crippen MR) is 128 cm³/mol. The smallest absolute Gasteiger partial charge is 0.342 e. The molecule has 0 amide bonds. The molecule has 0 aliphatic heterocycles. The molecule has 0 spiro atoms. The number of carbonyl (C=O) groups is 1. The standard InChI is InChI=1S/C27H24N2O4/c1-19-13-15-22(16-14-19)33-18-8-17-29-26(30)24(27(31)32)23(20-9-4-2-5-10-20)25(28-29)21-11-6-3-7-12-21/h2-7,9-16H,8,17-18H2,1H3,(H,31,32). The first-order chi connectivity index (χ1) is 16.0. The summed E-state index contributed by atoms with van der Waals surface area (Å²) in [7, 11) is 0. The van der Waals surface area contributed by atoms with Crippen LogP contribution in [0.5, 0.6) is 5.75 Å². The van der Waals surface area contributed by atoms with Crippen molar-refractivity contribution in [1.82, 2.24) is 9.78 Å². The number of nitrogens with zero attached hydrogens (tertiary/aromatic N) is 2. The SMILES string of the molecule is Cc1ccc(OCCCn2nc(-c3ccccc3)c(-c3ccccc3)c(C(=O)O)c2=O)cc1. The van der Waals surface area contributed by atoms with E-state index in [9.17, 15) is 14.7 Å². The van der Waals surface area contributed by atoms with Gasteiger partial charge in [0.1, 0.15) is 11.3 Å². The molecule has 33 heavy (non-hydrogen) atoms. The number of aromatic nitrogens is 2. The number of hydrogen-bond acceptors (Lipinski definition) is 4. The molecule has 0 fully saturated rings. The van der Waals surface area contributed by atoms with Crippen LogP contribution in [-0.4, -0.2) is 27.5 Å². The van der Waals surface area contributed by atoms with Crippen LogP contribution < -0.4 is 10.3 Å². The first-order valence-electron chi connectivity index (χ1n) is 10.7. The third-order valence-corrected chi connectivity index (χ3v) is 5.28. The highest BCUT2D eigenvalue weighted by atomic mass is 16.5. The van der Waals surface area contributed by atoms with Gasteiger partial charge >= 0.3 is 5.97 Å². The minimum Gasteiger partial charge on any atom is -0.494 e. The van der Waals surface area contributed by atoms with Crippen molar-refractivity contribution in [2.45, 2.75) is 19.9 Å². The second-order valence-electron chi connectivity index (χ2n) is 7.68. The van der Waals surface area contributed by atoms with Gasteiger partial charge in [0.05, 0.1) is 12.3 Å². The molecule has 0 radical (unpaired) electrons. The van der Waals surface area contributed by atoms with Gasteiger partial charge in [0.2, 0.25) is 0 Å². The van der Waals surface area contributed by atoms with Crippen LogP contribution >= 0.6 is 0 Å². The van der Waals surface area contributed by atoms with Crippen LogP contribution in [0.1, 0.15) is 22.3 Å². The van der Waals surface area contributed by atoms with Crippen LogP contribution in [0.3, 0.4) is 0 Å². The first-order valence-corrected chi connectivity index (χ1v) is 10.7. The van der Waals surface area contributed by atoms with Crippen molar-refractivity contribution in [2.75, 3.05) is 6.61 Å². The molecule has 166 valence electrons. The summed E-state index contributed by atoms with van der Waals surface area (Å²) in [5.41, 5.74) is 2.39. The fraction of sp³-hybridized carbons (Fsp3) is 0.148. The molecule has 1 heterocycles. The maximum Gasteiger partial charge on any atom is 0.342 e. The molecule has 0 unspecified atom stereocenters. The lowest BCUT2D eigenvalue weighted by molar-refractivity contribution is 0.0694. The average Bonchev–Trinajstić information content (AvgIpc) is 2.84. The summed E-state index contributed by atoms with van der Waals surface area (Å²) in [4.78, 5) is 25.4. The second-order valence-corrected chi connectivity index (χ2v) is 7.68. The molecule has 1 N–H and O–H groups in total. The molecular weight excluding hydrogens is 416 g/mol. The second kappa shape index (κ2) is 9.96. The van der Waals surface area contributed by atoms with Gasteiger partial charge in [-0.2, -0.15) is 5.10 Å². The van der Waals surface area contributed by atoms with Crippen LogP contribution in [0.25, 0.3) is 22.4 Å².